The molecule has 55 heavy (non-hydrogen) atoms. The Balaban J connectivity index is 4.13. The van der Waals surface area contributed by atoms with Crippen LogP contribution in [0.5, 0.6) is 0 Å². The summed E-state index contributed by atoms with van der Waals surface area (Å²) in [6.45, 7) is 4.75. The van der Waals surface area contributed by atoms with Gasteiger partial charge in [0, 0.05) is 19.6 Å². The Morgan fingerprint density at radius 3 is 1.49 bits per heavy atom. The number of phosphoric acid groups is 1. The number of rotatable bonds is 41. The van der Waals surface area contributed by atoms with Gasteiger partial charge in [0.1, 0.15) is 6.10 Å². The lowest BCUT2D eigenvalue weighted by Gasteiger charge is -2.20. The molecule has 0 bridgehead atoms. The van der Waals surface area contributed by atoms with E-state index in [4.69, 9.17) is 24.3 Å². The van der Waals surface area contributed by atoms with E-state index in [9.17, 15) is 14.3 Å². The van der Waals surface area contributed by atoms with Gasteiger partial charge in [-0.15, -0.1) is 0 Å². The van der Waals surface area contributed by atoms with Gasteiger partial charge in [0.15, 0.2) is 0 Å². The van der Waals surface area contributed by atoms with Crippen LogP contribution in [0.1, 0.15) is 174 Å². The molecule has 9 heteroatoms. The van der Waals surface area contributed by atoms with E-state index in [0.717, 1.165) is 64.2 Å². The molecule has 318 valence electrons. The summed E-state index contributed by atoms with van der Waals surface area (Å²) in [6.07, 6.45) is 53.5. The fraction of sp³-hybridized carbons (Fsp3) is 0.717. The van der Waals surface area contributed by atoms with Gasteiger partial charge in [-0.2, -0.15) is 0 Å². The minimum absolute atomic E-state index is 0.0905. The summed E-state index contributed by atoms with van der Waals surface area (Å²) in [6, 6.07) is 0. The van der Waals surface area contributed by atoms with Gasteiger partial charge in [0.2, 0.25) is 0 Å². The normalized spacial score (nSPS) is 14.2. The molecule has 2 unspecified atom stereocenters. The fourth-order valence-electron chi connectivity index (χ4n) is 5.70. The Kier molecular flexibility index (Phi) is 41.5. The largest absolute Gasteiger partial charge is 0.472 e. The number of phosphoric ester groups is 1. The summed E-state index contributed by atoms with van der Waals surface area (Å²) in [4.78, 5) is 22.5. The second-order valence-corrected chi connectivity index (χ2v) is 15.6. The number of allylic oxidation sites excluding steroid dienone is 12. The highest BCUT2D eigenvalue weighted by Gasteiger charge is 2.25. The average Bonchev–Trinajstić information content (AvgIpc) is 3.17. The third-order valence-corrected chi connectivity index (χ3v) is 9.87. The Hall–Kier alpha value is -2.06. The second-order valence-electron chi connectivity index (χ2n) is 14.2. The predicted molar refractivity (Wildman–Crippen MR) is 233 cm³/mol. The molecule has 0 aliphatic carbocycles. The maximum absolute atomic E-state index is 12.6. The van der Waals surface area contributed by atoms with Crippen molar-refractivity contribution in [2.24, 2.45) is 5.73 Å². The monoisotopic (exact) mass is 792 g/mol. The molecule has 0 fully saturated rings. The zero-order valence-corrected chi connectivity index (χ0v) is 36.0. The number of esters is 1. The summed E-state index contributed by atoms with van der Waals surface area (Å²) >= 11 is 0. The van der Waals surface area contributed by atoms with Crippen molar-refractivity contribution in [3.8, 4) is 0 Å². The van der Waals surface area contributed by atoms with E-state index in [1.807, 2.05) is 0 Å². The SMILES string of the molecule is CC/C=C\C/C=C\C/C=C\C/C=C\C/C=C\C/C=C\CCCCC(=O)OC(COCCCCCCCCCCCCCCCCC)COP(=O)(O)OCCN. The Bertz CT molecular complexity index is 1070. The first-order valence-electron chi connectivity index (χ1n) is 21.9. The first-order chi connectivity index (χ1) is 26.9. The topological polar surface area (TPSA) is 117 Å². The summed E-state index contributed by atoms with van der Waals surface area (Å²) < 4.78 is 33.4. The molecular formula is C46H82NO7P. The Labute approximate surface area is 337 Å². The molecule has 3 N–H and O–H groups in total. The number of hydrogen-bond acceptors (Lipinski definition) is 7. The zero-order valence-electron chi connectivity index (χ0n) is 35.1. The van der Waals surface area contributed by atoms with Gasteiger partial charge in [-0.3, -0.25) is 13.8 Å². The van der Waals surface area contributed by atoms with Crippen LogP contribution >= 0.6 is 7.82 Å². The third kappa shape index (κ3) is 42.9. The molecule has 0 aromatic carbocycles. The van der Waals surface area contributed by atoms with E-state index in [1.54, 1.807) is 0 Å². The summed E-state index contributed by atoms with van der Waals surface area (Å²) in [5.41, 5.74) is 5.37. The van der Waals surface area contributed by atoms with E-state index in [1.165, 1.54) is 83.5 Å². The van der Waals surface area contributed by atoms with Crippen molar-refractivity contribution in [2.75, 3.05) is 33.0 Å². The molecule has 0 saturated carbocycles. The van der Waals surface area contributed by atoms with Crippen LogP contribution in [0.2, 0.25) is 0 Å². The first-order valence-corrected chi connectivity index (χ1v) is 23.4. The van der Waals surface area contributed by atoms with Crippen LogP contribution in [-0.2, 0) is 27.9 Å². The van der Waals surface area contributed by atoms with Gasteiger partial charge < -0.3 is 20.1 Å². The third-order valence-electron chi connectivity index (χ3n) is 8.89. The van der Waals surface area contributed by atoms with Crippen molar-refractivity contribution >= 4 is 13.8 Å². The molecule has 0 radical (unpaired) electrons. The molecule has 2 atom stereocenters. The highest BCUT2D eigenvalue weighted by molar-refractivity contribution is 7.47. The van der Waals surface area contributed by atoms with Gasteiger partial charge in [-0.25, -0.2) is 4.57 Å². The van der Waals surface area contributed by atoms with Gasteiger partial charge >= 0.3 is 13.8 Å². The van der Waals surface area contributed by atoms with Gasteiger partial charge in [-0.1, -0.05) is 177 Å². The summed E-state index contributed by atoms with van der Waals surface area (Å²) in [5.74, 6) is -0.373. The van der Waals surface area contributed by atoms with Crippen LogP contribution in [0.15, 0.2) is 72.9 Å². The Morgan fingerprint density at radius 1 is 0.564 bits per heavy atom. The summed E-state index contributed by atoms with van der Waals surface area (Å²) in [5, 5.41) is 0. The van der Waals surface area contributed by atoms with Crippen molar-refractivity contribution < 1.29 is 32.8 Å². The predicted octanol–water partition coefficient (Wildman–Crippen LogP) is 13.1. The maximum Gasteiger partial charge on any atom is 0.472 e. The van der Waals surface area contributed by atoms with Crippen molar-refractivity contribution in [1.82, 2.24) is 0 Å². The minimum atomic E-state index is -4.29. The van der Waals surface area contributed by atoms with Crippen molar-refractivity contribution in [1.29, 1.82) is 0 Å². The maximum atomic E-state index is 12.6. The second kappa shape index (κ2) is 43.1. The zero-order chi connectivity index (χ0) is 40.2. The number of carbonyl (C=O) groups is 1. The van der Waals surface area contributed by atoms with E-state index in [2.05, 4.69) is 86.8 Å². The smallest absolute Gasteiger partial charge is 0.457 e. The van der Waals surface area contributed by atoms with E-state index >= 15 is 0 Å². The van der Waals surface area contributed by atoms with Crippen LogP contribution in [0.3, 0.4) is 0 Å². The fourth-order valence-corrected chi connectivity index (χ4v) is 6.47. The summed E-state index contributed by atoms with van der Waals surface area (Å²) in [7, 11) is -4.29. The van der Waals surface area contributed by atoms with Crippen LogP contribution in [0, 0.1) is 0 Å². The van der Waals surface area contributed by atoms with E-state index < -0.39 is 13.9 Å². The highest BCUT2D eigenvalue weighted by Crippen LogP contribution is 2.43. The van der Waals surface area contributed by atoms with Gasteiger partial charge in [0.25, 0.3) is 0 Å². The molecule has 0 aliphatic rings. The molecule has 0 aromatic heterocycles. The number of nitrogens with two attached hydrogens (primary N) is 1. The molecular weight excluding hydrogens is 709 g/mol. The lowest BCUT2D eigenvalue weighted by atomic mass is 10.0. The van der Waals surface area contributed by atoms with Crippen LogP contribution in [0.4, 0.5) is 0 Å². The number of ether oxygens (including phenoxy) is 2. The van der Waals surface area contributed by atoms with Crippen LogP contribution < -0.4 is 5.73 Å². The van der Waals surface area contributed by atoms with E-state index in [0.29, 0.717) is 13.0 Å². The number of unbranched alkanes of at least 4 members (excludes halogenated alkanes) is 16. The van der Waals surface area contributed by atoms with Gasteiger partial charge in [0.05, 0.1) is 19.8 Å². The first kappa shape index (κ1) is 52.9. The molecule has 0 spiro atoms. The van der Waals surface area contributed by atoms with Crippen LogP contribution in [0.25, 0.3) is 0 Å². The molecule has 0 saturated heterocycles. The van der Waals surface area contributed by atoms with Crippen molar-refractivity contribution in [3.05, 3.63) is 72.9 Å². The molecule has 8 nitrogen and oxygen atoms in total. The standard InChI is InChI=1S/C46H82NO7P/c1-3-5-7-9-11-13-15-17-19-20-21-22-23-24-25-27-29-31-33-35-37-39-46(48)54-45(44-53-55(49,50)52-42-40-47)43-51-41-38-36-34-32-30-28-26-18-16-14-12-10-8-6-4-2/h5,7,11,13,17,19,21-22,24-25,29,31,45H,3-4,6,8-10,12,14-16,18,20,23,26-28,30,32-44,47H2,1-2H3,(H,49,50)/b7-5-,13-11-,19-17-,22-21-,25-24-,31-29-. The van der Waals surface area contributed by atoms with Crippen molar-refractivity contribution in [2.45, 2.75) is 180 Å². The van der Waals surface area contributed by atoms with E-state index in [-0.39, 0.29) is 38.8 Å². The number of carbonyl (C=O) groups excluding carboxylic acids is 1. The quantitative estimate of drug-likeness (QED) is 0.0272. The molecule has 0 amide bonds. The molecule has 0 rings (SSSR count). The molecule has 0 heterocycles. The Morgan fingerprint density at radius 2 is 1.02 bits per heavy atom. The minimum Gasteiger partial charge on any atom is -0.457 e. The number of hydrogen-bond donors (Lipinski definition) is 2. The highest BCUT2D eigenvalue weighted by atomic mass is 31.2. The van der Waals surface area contributed by atoms with Crippen molar-refractivity contribution in [3.63, 3.8) is 0 Å². The van der Waals surface area contributed by atoms with Gasteiger partial charge in [-0.05, 0) is 64.2 Å². The lowest BCUT2D eigenvalue weighted by molar-refractivity contribution is -0.154. The molecule has 0 aromatic rings. The average molecular weight is 792 g/mol. The van der Waals surface area contributed by atoms with Crippen LogP contribution in [-0.4, -0.2) is 49.9 Å². The lowest BCUT2D eigenvalue weighted by Crippen LogP contribution is -2.28. The molecule has 0 aliphatic heterocycles.